The van der Waals surface area contributed by atoms with Crippen LogP contribution < -0.4 is 5.73 Å². The van der Waals surface area contributed by atoms with Crippen LogP contribution >= 0.6 is 0 Å². The second kappa shape index (κ2) is 6.70. The maximum atomic E-state index is 6.06. The average molecular weight is 276 g/mol. The number of nitrogens with zero attached hydrogens (tertiary/aromatic N) is 1. The molecule has 112 valence electrons. The van der Waals surface area contributed by atoms with Crippen LogP contribution in [0.15, 0.2) is 24.3 Å². The molecule has 1 saturated heterocycles. The van der Waals surface area contributed by atoms with Gasteiger partial charge in [-0.25, -0.2) is 0 Å². The molecule has 1 fully saturated rings. The number of hydrogen-bond acceptors (Lipinski definition) is 3. The number of rotatable bonds is 4. The molecule has 1 heterocycles. The molecule has 3 heteroatoms. The van der Waals surface area contributed by atoms with Gasteiger partial charge in [0.05, 0.1) is 12.7 Å². The molecule has 0 bridgehead atoms. The Morgan fingerprint density at radius 3 is 2.35 bits per heavy atom. The number of morpholine rings is 1. The number of nitrogens with two attached hydrogens (primary N) is 1. The van der Waals surface area contributed by atoms with E-state index in [0.717, 1.165) is 13.2 Å². The zero-order chi connectivity index (χ0) is 14.7. The Balaban J connectivity index is 2.18. The summed E-state index contributed by atoms with van der Waals surface area (Å²) in [7, 11) is 0. The van der Waals surface area contributed by atoms with Gasteiger partial charge in [0.2, 0.25) is 0 Å². The van der Waals surface area contributed by atoms with Crippen LogP contribution in [-0.2, 0) is 4.74 Å². The Bertz CT molecular complexity index is 416. The topological polar surface area (TPSA) is 38.5 Å². The maximum absolute atomic E-state index is 6.06. The predicted molar refractivity (Wildman–Crippen MR) is 83.9 cm³/mol. The Morgan fingerprint density at radius 2 is 1.80 bits per heavy atom. The van der Waals surface area contributed by atoms with Crippen molar-refractivity contribution in [1.29, 1.82) is 0 Å². The molecule has 2 N–H and O–H groups in total. The van der Waals surface area contributed by atoms with E-state index in [2.05, 4.69) is 56.9 Å². The lowest BCUT2D eigenvalue weighted by Crippen LogP contribution is -2.50. The van der Waals surface area contributed by atoms with Crippen LogP contribution in [0.2, 0.25) is 0 Å². The Hall–Kier alpha value is -0.900. The lowest BCUT2D eigenvalue weighted by molar-refractivity contribution is -0.0653. The summed E-state index contributed by atoms with van der Waals surface area (Å²) in [5, 5.41) is 0. The van der Waals surface area contributed by atoms with Crippen LogP contribution in [0, 0.1) is 0 Å². The van der Waals surface area contributed by atoms with Crippen LogP contribution in [0.1, 0.15) is 50.8 Å². The van der Waals surface area contributed by atoms with E-state index in [1.54, 1.807) is 0 Å². The van der Waals surface area contributed by atoms with Gasteiger partial charge in [-0.15, -0.1) is 0 Å². The summed E-state index contributed by atoms with van der Waals surface area (Å²) in [6.45, 7) is 11.2. The first-order chi connectivity index (χ1) is 9.52. The highest BCUT2D eigenvalue weighted by atomic mass is 16.5. The van der Waals surface area contributed by atoms with Crippen molar-refractivity contribution in [3.05, 3.63) is 35.4 Å². The minimum atomic E-state index is 0.287. The molecule has 3 nitrogen and oxygen atoms in total. The summed E-state index contributed by atoms with van der Waals surface area (Å²) in [6.07, 6.45) is 0.287. The molecule has 20 heavy (non-hydrogen) atoms. The molecule has 0 aliphatic carbocycles. The molecular weight excluding hydrogens is 248 g/mol. The van der Waals surface area contributed by atoms with Crippen LogP contribution in [0.25, 0.3) is 0 Å². The van der Waals surface area contributed by atoms with E-state index in [1.807, 2.05) is 0 Å². The maximum Gasteiger partial charge on any atom is 0.0675 e. The van der Waals surface area contributed by atoms with Crippen LogP contribution in [0.3, 0.4) is 0 Å². The van der Waals surface area contributed by atoms with Crippen molar-refractivity contribution in [2.75, 3.05) is 19.7 Å². The van der Waals surface area contributed by atoms with Gasteiger partial charge >= 0.3 is 0 Å². The smallest absolute Gasteiger partial charge is 0.0675 e. The van der Waals surface area contributed by atoms with Gasteiger partial charge in [-0.1, -0.05) is 38.1 Å². The monoisotopic (exact) mass is 276 g/mol. The highest BCUT2D eigenvalue weighted by Crippen LogP contribution is 2.27. The molecule has 1 aromatic carbocycles. The molecule has 0 amide bonds. The molecule has 1 aliphatic heterocycles. The van der Waals surface area contributed by atoms with Gasteiger partial charge in [-0.2, -0.15) is 0 Å². The van der Waals surface area contributed by atoms with E-state index in [-0.39, 0.29) is 12.1 Å². The molecule has 3 atom stereocenters. The molecule has 1 aliphatic rings. The zero-order valence-corrected chi connectivity index (χ0v) is 13.2. The molecule has 2 rings (SSSR count). The van der Waals surface area contributed by atoms with Gasteiger partial charge in [-0.3, -0.25) is 4.90 Å². The Kier molecular flexibility index (Phi) is 5.19. The summed E-state index contributed by atoms with van der Waals surface area (Å²) in [5.41, 5.74) is 8.76. The van der Waals surface area contributed by atoms with Crippen molar-refractivity contribution >= 4 is 0 Å². The summed E-state index contributed by atoms with van der Waals surface area (Å²) in [6, 6.07) is 9.65. The first-order valence-corrected chi connectivity index (χ1v) is 7.70. The van der Waals surface area contributed by atoms with Gasteiger partial charge in [0.1, 0.15) is 0 Å². The Morgan fingerprint density at radius 1 is 1.20 bits per heavy atom. The summed E-state index contributed by atoms with van der Waals surface area (Å²) < 4.78 is 5.72. The third kappa shape index (κ3) is 3.40. The number of benzene rings is 1. The second-order valence-corrected chi connectivity index (χ2v) is 6.26. The fourth-order valence-corrected chi connectivity index (χ4v) is 2.93. The minimum absolute atomic E-state index is 0.287. The van der Waals surface area contributed by atoms with E-state index in [4.69, 9.17) is 10.5 Å². The van der Waals surface area contributed by atoms with Gasteiger partial charge in [0.25, 0.3) is 0 Å². The highest BCUT2D eigenvalue weighted by Gasteiger charge is 2.29. The minimum Gasteiger partial charge on any atom is -0.376 e. The fraction of sp³-hybridized carbons (Fsp3) is 0.647. The normalized spacial score (nSPS) is 25.9. The van der Waals surface area contributed by atoms with Crippen LogP contribution in [0.4, 0.5) is 0 Å². The van der Waals surface area contributed by atoms with E-state index in [1.165, 1.54) is 11.1 Å². The highest BCUT2D eigenvalue weighted by molar-refractivity contribution is 5.27. The summed E-state index contributed by atoms with van der Waals surface area (Å²) in [4.78, 5) is 2.48. The lowest BCUT2D eigenvalue weighted by atomic mass is 9.97. The fourth-order valence-electron chi connectivity index (χ4n) is 2.93. The largest absolute Gasteiger partial charge is 0.376 e. The summed E-state index contributed by atoms with van der Waals surface area (Å²) >= 11 is 0. The van der Waals surface area contributed by atoms with E-state index >= 15 is 0 Å². The van der Waals surface area contributed by atoms with Gasteiger partial charge in [0, 0.05) is 25.2 Å². The Labute approximate surface area is 123 Å². The first-order valence-electron chi connectivity index (χ1n) is 7.70. The standard InChI is InChI=1S/C17H28N2O/c1-12(2)15-5-7-16(8-6-15)17(9-18)19-10-14(4)20-11-13(19)3/h5-8,12-14,17H,9-11,18H2,1-4H3. The van der Waals surface area contributed by atoms with Crippen LogP contribution in [0.5, 0.6) is 0 Å². The van der Waals surface area contributed by atoms with Crippen molar-refractivity contribution in [2.24, 2.45) is 5.73 Å². The number of hydrogen-bond donors (Lipinski definition) is 1. The van der Waals surface area contributed by atoms with Crippen LogP contribution in [-0.4, -0.2) is 36.7 Å². The van der Waals surface area contributed by atoms with Crippen molar-refractivity contribution in [3.8, 4) is 0 Å². The van der Waals surface area contributed by atoms with E-state index < -0.39 is 0 Å². The van der Waals surface area contributed by atoms with E-state index in [0.29, 0.717) is 18.5 Å². The molecule has 3 unspecified atom stereocenters. The third-order valence-corrected chi connectivity index (χ3v) is 4.27. The van der Waals surface area contributed by atoms with Crippen molar-refractivity contribution < 1.29 is 4.74 Å². The SMILES string of the molecule is CC1CN(C(CN)c2ccc(C(C)C)cc2)C(C)CO1. The molecular formula is C17H28N2O. The first kappa shape index (κ1) is 15.5. The quantitative estimate of drug-likeness (QED) is 0.919. The van der Waals surface area contributed by atoms with Gasteiger partial charge < -0.3 is 10.5 Å². The van der Waals surface area contributed by atoms with Crippen molar-refractivity contribution in [3.63, 3.8) is 0 Å². The van der Waals surface area contributed by atoms with Crippen molar-refractivity contribution in [2.45, 2.75) is 51.8 Å². The van der Waals surface area contributed by atoms with Gasteiger partial charge in [-0.05, 0) is 30.9 Å². The van der Waals surface area contributed by atoms with Crippen molar-refractivity contribution in [1.82, 2.24) is 4.90 Å². The molecule has 0 aromatic heterocycles. The second-order valence-electron chi connectivity index (χ2n) is 6.26. The number of ether oxygens (including phenoxy) is 1. The average Bonchev–Trinajstić information content (AvgIpc) is 2.44. The van der Waals surface area contributed by atoms with Gasteiger partial charge in [0.15, 0.2) is 0 Å². The molecule has 0 radical (unpaired) electrons. The molecule has 0 spiro atoms. The molecule has 1 aromatic rings. The lowest BCUT2D eigenvalue weighted by Gasteiger charge is -2.41. The van der Waals surface area contributed by atoms with E-state index in [9.17, 15) is 0 Å². The summed E-state index contributed by atoms with van der Waals surface area (Å²) in [5.74, 6) is 0.572. The molecule has 0 saturated carbocycles. The zero-order valence-electron chi connectivity index (χ0n) is 13.2. The third-order valence-electron chi connectivity index (χ3n) is 4.27. The predicted octanol–water partition coefficient (Wildman–Crippen LogP) is 2.92.